The van der Waals surface area contributed by atoms with Crippen LogP contribution in [-0.2, 0) is 5.41 Å². The average Bonchev–Trinajstić information content (AvgIpc) is 4.14. The largest absolute Gasteiger partial charge is 0.312 e. The molecule has 0 atom stereocenters. The molecule has 6 nitrogen and oxygen atoms in total. The van der Waals surface area contributed by atoms with E-state index in [2.05, 4.69) is 231 Å². The topological polar surface area (TPSA) is 37.0 Å². The van der Waals surface area contributed by atoms with Gasteiger partial charge in [-0.25, -0.2) is 4.98 Å². The molecule has 14 rings (SSSR count). The summed E-state index contributed by atoms with van der Waals surface area (Å²) in [4.78, 5) is 5.21. The van der Waals surface area contributed by atoms with Gasteiger partial charge in [-0.15, -0.1) is 0 Å². The molecule has 0 spiro atoms. The first-order valence-electron chi connectivity index (χ1n) is 21.4. The molecule has 1 aliphatic rings. The van der Waals surface area contributed by atoms with Crippen molar-refractivity contribution >= 4 is 71.6 Å². The standard InChI is InChI=1S/C56H38N6/c1-56(2)43-24-9-6-21-39(43)51-40-22-7-11-26-45(40)58(53(51)56)38-31-32-47-42(34-38)52-41-23-8-12-27-46(41)60(54(52)59(47)35-17-4-3-5-18-35)36-19-16-20-37(33-36)61-49-29-14-15-30-50(49)62-48-28-13-10-25-44(48)57-55(61)62/h3-34H,1-2H3. The van der Waals surface area contributed by atoms with Crippen molar-refractivity contribution in [1.82, 2.24) is 27.7 Å². The van der Waals surface area contributed by atoms with E-state index in [-0.39, 0.29) is 5.41 Å². The quantitative estimate of drug-likeness (QED) is 0.175. The molecule has 5 aromatic heterocycles. The SMILES string of the molecule is CC1(C)c2ccccc2-c2c1n(-c1ccc3c(c1)c1c4ccccc4n(-c4cccc(-n5c6ccccc6n6c7ccccc7nc56)c4)c1n3-c1ccccc1)c1ccccc21. The van der Waals surface area contributed by atoms with E-state index in [4.69, 9.17) is 4.98 Å². The third kappa shape index (κ3) is 4.25. The molecule has 0 radical (unpaired) electrons. The fourth-order valence-electron chi connectivity index (χ4n) is 11.1. The lowest BCUT2D eigenvalue weighted by Crippen LogP contribution is -2.19. The van der Waals surface area contributed by atoms with Crippen LogP contribution in [0.15, 0.2) is 194 Å². The van der Waals surface area contributed by atoms with Crippen LogP contribution < -0.4 is 0 Å². The molecule has 0 bridgehead atoms. The molecule has 292 valence electrons. The highest BCUT2D eigenvalue weighted by Gasteiger charge is 2.40. The normalized spacial score (nSPS) is 13.5. The van der Waals surface area contributed by atoms with Crippen LogP contribution in [-0.4, -0.2) is 27.7 Å². The second kappa shape index (κ2) is 12.0. The van der Waals surface area contributed by atoms with Crippen LogP contribution in [0.3, 0.4) is 0 Å². The van der Waals surface area contributed by atoms with Crippen LogP contribution in [0.4, 0.5) is 0 Å². The van der Waals surface area contributed by atoms with Crippen LogP contribution in [0, 0.1) is 0 Å². The average molecular weight is 795 g/mol. The summed E-state index contributed by atoms with van der Waals surface area (Å²) in [5.74, 6) is 0.897. The van der Waals surface area contributed by atoms with Gasteiger partial charge in [0.15, 0.2) is 0 Å². The summed E-state index contributed by atoms with van der Waals surface area (Å²) in [5.41, 5.74) is 18.6. The third-order valence-electron chi connectivity index (χ3n) is 13.6. The molecule has 0 unspecified atom stereocenters. The summed E-state index contributed by atoms with van der Waals surface area (Å²) < 4.78 is 12.1. The molecule has 5 heterocycles. The monoisotopic (exact) mass is 794 g/mol. The second-order valence-electron chi connectivity index (χ2n) is 17.3. The van der Waals surface area contributed by atoms with Gasteiger partial charge in [-0.1, -0.05) is 123 Å². The van der Waals surface area contributed by atoms with Gasteiger partial charge in [0.1, 0.15) is 5.65 Å². The zero-order chi connectivity index (χ0) is 40.8. The number of imidazole rings is 2. The molecule has 0 aliphatic heterocycles. The molecule has 6 heteroatoms. The highest BCUT2D eigenvalue weighted by Crippen LogP contribution is 2.54. The van der Waals surface area contributed by atoms with Crippen molar-refractivity contribution in [2.24, 2.45) is 0 Å². The van der Waals surface area contributed by atoms with E-state index in [1.54, 1.807) is 0 Å². The van der Waals surface area contributed by atoms with E-state index in [1.807, 2.05) is 0 Å². The Morgan fingerprint density at radius 3 is 1.81 bits per heavy atom. The lowest BCUT2D eigenvalue weighted by molar-refractivity contribution is 0.624. The number of hydrogen-bond acceptors (Lipinski definition) is 1. The molecule has 0 N–H and O–H groups in total. The molecular formula is C56H38N6. The minimum atomic E-state index is -0.189. The van der Waals surface area contributed by atoms with E-state index in [0.717, 1.165) is 61.8 Å². The summed E-state index contributed by atoms with van der Waals surface area (Å²) in [6.45, 7) is 4.77. The molecule has 13 aromatic rings. The van der Waals surface area contributed by atoms with Crippen molar-refractivity contribution in [3.63, 3.8) is 0 Å². The van der Waals surface area contributed by atoms with Crippen molar-refractivity contribution in [2.45, 2.75) is 19.3 Å². The van der Waals surface area contributed by atoms with E-state index >= 15 is 0 Å². The number of nitrogens with zero attached hydrogens (tertiary/aromatic N) is 6. The van der Waals surface area contributed by atoms with Crippen LogP contribution in [0.1, 0.15) is 25.1 Å². The van der Waals surface area contributed by atoms with E-state index in [1.165, 1.54) is 55.0 Å². The predicted molar refractivity (Wildman–Crippen MR) is 255 cm³/mol. The van der Waals surface area contributed by atoms with Crippen molar-refractivity contribution in [2.75, 3.05) is 0 Å². The molecule has 0 saturated carbocycles. The van der Waals surface area contributed by atoms with Crippen LogP contribution in [0.2, 0.25) is 0 Å². The molecule has 1 aliphatic carbocycles. The first-order chi connectivity index (χ1) is 30.6. The van der Waals surface area contributed by atoms with Gasteiger partial charge in [0.25, 0.3) is 0 Å². The maximum atomic E-state index is 5.21. The minimum absolute atomic E-state index is 0.189. The highest BCUT2D eigenvalue weighted by molar-refractivity contribution is 6.23. The van der Waals surface area contributed by atoms with Crippen LogP contribution in [0.25, 0.3) is 105 Å². The molecule has 0 amide bonds. The number of aromatic nitrogens is 6. The summed E-state index contributed by atoms with van der Waals surface area (Å²) in [6, 6.07) is 70.7. The van der Waals surface area contributed by atoms with Gasteiger partial charge in [-0.3, -0.25) is 18.1 Å². The van der Waals surface area contributed by atoms with Crippen molar-refractivity contribution in [3.05, 3.63) is 205 Å². The number of rotatable bonds is 4. The van der Waals surface area contributed by atoms with Gasteiger partial charge >= 0.3 is 0 Å². The van der Waals surface area contributed by atoms with E-state index in [9.17, 15) is 0 Å². The smallest absolute Gasteiger partial charge is 0.220 e. The fraction of sp³-hybridized carbons (Fsp3) is 0.0536. The zero-order valence-electron chi connectivity index (χ0n) is 34.2. The lowest BCUT2D eigenvalue weighted by Gasteiger charge is -2.24. The Labute approximate surface area is 356 Å². The van der Waals surface area contributed by atoms with Gasteiger partial charge < -0.3 is 4.57 Å². The van der Waals surface area contributed by atoms with Crippen molar-refractivity contribution in [1.29, 1.82) is 0 Å². The summed E-state index contributed by atoms with van der Waals surface area (Å²) in [7, 11) is 0. The summed E-state index contributed by atoms with van der Waals surface area (Å²) >= 11 is 0. The molecule has 0 saturated heterocycles. The van der Waals surface area contributed by atoms with Gasteiger partial charge in [0, 0.05) is 55.3 Å². The Morgan fingerprint density at radius 2 is 0.984 bits per heavy atom. The third-order valence-corrected chi connectivity index (χ3v) is 13.6. The van der Waals surface area contributed by atoms with Crippen LogP contribution >= 0.6 is 0 Å². The number of hydrogen-bond donors (Lipinski definition) is 0. The van der Waals surface area contributed by atoms with Crippen molar-refractivity contribution < 1.29 is 0 Å². The Balaban J connectivity index is 1.07. The molecule has 0 fully saturated rings. The number of fused-ring (bicyclic) bond motifs is 15. The molecule has 62 heavy (non-hydrogen) atoms. The van der Waals surface area contributed by atoms with Crippen LogP contribution in [0.5, 0.6) is 0 Å². The summed E-state index contributed by atoms with van der Waals surface area (Å²) in [5, 5.41) is 4.96. The minimum Gasteiger partial charge on any atom is -0.312 e. The molecular weight excluding hydrogens is 757 g/mol. The Kier molecular flexibility index (Phi) is 6.54. The lowest BCUT2D eigenvalue weighted by atomic mass is 9.85. The Morgan fingerprint density at radius 1 is 0.403 bits per heavy atom. The molecule has 8 aromatic carbocycles. The van der Waals surface area contributed by atoms with Gasteiger partial charge in [0.05, 0.1) is 44.3 Å². The number of para-hydroxylation sites is 7. The van der Waals surface area contributed by atoms with E-state index < -0.39 is 0 Å². The van der Waals surface area contributed by atoms with Crippen molar-refractivity contribution in [3.8, 4) is 33.9 Å². The Hall–Kier alpha value is -8.09. The van der Waals surface area contributed by atoms with Gasteiger partial charge in [-0.2, -0.15) is 0 Å². The zero-order valence-corrected chi connectivity index (χ0v) is 34.2. The summed E-state index contributed by atoms with van der Waals surface area (Å²) in [6.07, 6.45) is 0. The van der Waals surface area contributed by atoms with Gasteiger partial charge in [-0.05, 0) is 96.1 Å². The van der Waals surface area contributed by atoms with E-state index in [0.29, 0.717) is 0 Å². The fourth-order valence-corrected chi connectivity index (χ4v) is 11.1. The maximum Gasteiger partial charge on any atom is 0.220 e. The number of benzene rings is 8. The predicted octanol–water partition coefficient (Wildman–Crippen LogP) is 13.7. The second-order valence-corrected chi connectivity index (χ2v) is 17.3. The first kappa shape index (κ1) is 33.7. The first-order valence-corrected chi connectivity index (χ1v) is 21.4. The maximum absolute atomic E-state index is 5.21. The van der Waals surface area contributed by atoms with Gasteiger partial charge in [0.2, 0.25) is 5.78 Å². The Bertz CT molecular complexity index is 4010. The highest BCUT2D eigenvalue weighted by atomic mass is 15.2.